The van der Waals surface area contributed by atoms with E-state index >= 15 is 0 Å². The van der Waals surface area contributed by atoms with Crippen molar-refractivity contribution in [2.24, 2.45) is 0 Å². The zero-order chi connectivity index (χ0) is 20.9. The van der Waals surface area contributed by atoms with E-state index in [1.54, 1.807) is 60.7 Å². The van der Waals surface area contributed by atoms with E-state index in [9.17, 15) is 9.18 Å². The molecule has 0 spiro atoms. The van der Waals surface area contributed by atoms with Gasteiger partial charge in [-0.3, -0.25) is 4.79 Å². The van der Waals surface area contributed by atoms with Crippen LogP contribution in [-0.2, 0) is 4.79 Å². The largest absolute Gasteiger partial charge is 0.484 e. The molecule has 4 aromatic rings. The van der Waals surface area contributed by atoms with Crippen LogP contribution in [0.4, 0.5) is 10.1 Å². The highest BCUT2D eigenvalue weighted by Crippen LogP contribution is 2.28. The minimum atomic E-state index is -0.351. The third-order valence-corrected chi connectivity index (χ3v) is 4.40. The fourth-order valence-electron chi connectivity index (χ4n) is 2.69. The monoisotopic (exact) mass is 423 g/mol. The average Bonchev–Trinajstić information content (AvgIpc) is 3.24. The Morgan fingerprint density at radius 3 is 2.53 bits per heavy atom. The van der Waals surface area contributed by atoms with Crippen LogP contribution in [-0.4, -0.2) is 22.7 Å². The molecule has 4 rings (SSSR count). The summed E-state index contributed by atoms with van der Waals surface area (Å²) >= 11 is 5.83. The third kappa shape index (κ3) is 4.64. The zero-order valence-corrected chi connectivity index (χ0v) is 16.3. The standard InChI is InChI=1S/C22H15ClFN3O3/c23-15-7-11-17(12-8-15)29-13-20(28)25-19-4-2-1-3-18(19)22-26-21(27-30-22)14-5-9-16(24)10-6-14/h1-12H,13H2,(H,25,28). The molecule has 150 valence electrons. The Hall–Kier alpha value is -3.71. The van der Waals surface area contributed by atoms with Crippen molar-refractivity contribution in [2.75, 3.05) is 11.9 Å². The molecule has 0 aliphatic heterocycles. The highest BCUT2D eigenvalue weighted by atomic mass is 35.5. The van der Waals surface area contributed by atoms with Crippen molar-refractivity contribution in [1.29, 1.82) is 0 Å². The van der Waals surface area contributed by atoms with E-state index in [0.717, 1.165) is 0 Å². The normalized spacial score (nSPS) is 10.6. The number of nitrogens with zero attached hydrogens (tertiary/aromatic N) is 2. The van der Waals surface area contributed by atoms with Gasteiger partial charge in [-0.15, -0.1) is 0 Å². The number of rotatable bonds is 6. The molecule has 0 saturated carbocycles. The lowest BCUT2D eigenvalue weighted by atomic mass is 10.1. The van der Waals surface area contributed by atoms with Crippen LogP contribution >= 0.6 is 11.6 Å². The number of hydrogen-bond acceptors (Lipinski definition) is 5. The number of amides is 1. The van der Waals surface area contributed by atoms with Gasteiger partial charge < -0.3 is 14.6 Å². The van der Waals surface area contributed by atoms with Crippen molar-refractivity contribution in [2.45, 2.75) is 0 Å². The second-order valence-electron chi connectivity index (χ2n) is 6.27. The first-order valence-electron chi connectivity index (χ1n) is 8.96. The molecule has 3 aromatic carbocycles. The average molecular weight is 424 g/mol. The van der Waals surface area contributed by atoms with Gasteiger partial charge in [0.2, 0.25) is 5.82 Å². The molecule has 1 N–H and O–H groups in total. The van der Waals surface area contributed by atoms with Gasteiger partial charge in [0.15, 0.2) is 6.61 Å². The lowest BCUT2D eigenvalue weighted by Crippen LogP contribution is -2.20. The molecule has 8 heteroatoms. The lowest BCUT2D eigenvalue weighted by Gasteiger charge is -2.09. The van der Waals surface area contributed by atoms with Crippen molar-refractivity contribution >= 4 is 23.2 Å². The smallest absolute Gasteiger partial charge is 0.262 e. The second kappa shape index (κ2) is 8.75. The van der Waals surface area contributed by atoms with E-state index in [4.69, 9.17) is 20.9 Å². The molecule has 30 heavy (non-hydrogen) atoms. The van der Waals surface area contributed by atoms with Crippen LogP contribution in [0, 0.1) is 5.82 Å². The summed E-state index contributed by atoms with van der Waals surface area (Å²) in [4.78, 5) is 16.7. The molecule has 0 aliphatic rings. The van der Waals surface area contributed by atoms with Crippen LogP contribution in [0.5, 0.6) is 5.75 Å². The Balaban J connectivity index is 1.48. The van der Waals surface area contributed by atoms with Crippen molar-refractivity contribution in [3.8, 4) is 28.6 Å². The Morgan fingerprint density at radius 2 is 1.77 bits per heavy atom. The van der Waals surface area contributed by atoms with Gasteiger partial charge in [0.05, 0.1) is 11.3 Å². The van der Waals surface area contributed by atoms with Crippen LogP contribution in [0.3, 0.4) is 0 Å². The van der Waals surface area contributed by atoms with E-state index in [1.807, 2.05) is 0 Å². The van der Waals surface area contributed by atoms with E-state index in [-0.39, 0.29) is 24.2 Å². The third-order valence-electron chi connectivity index (χ3n) is 4.14. The SMILES string of the molecule is O=C(COc1ccc(Cl)cc1)Nc1ccccc1-c1nc(-c2ccc(F)cc2)no1. The summed E-state index contributed by atoms with van der Waals surface area (Å²) in [7, 11) is 0. The first kappa shape index (κ1) is 19.6. The molecular formula is C22H15ClFN3O3. The first-order valence-corrected chi connectivity index (χ1v) is 9.33. The molecular weight excluding hydrogens is 409 g/mol. The number of aromatic nitrogens is 2. The van der Waals surface area contributed by atoms with Crippen molar-refractivity contribution < 1.29 is 18.4 Å². The fourth-order valence-corrected chi connectivity index (χ4v) is 2.82. The molecule has 1 amide bonds. The number of benzene rings is 3. The number of anilines is 1. The van der Waals surface area contributed by atoms with Crippen molar-refractivity contribution in [3.63, 3.8) is 0 Å². The summed E-state index contributed by atoms with van der Waals surface area (Å²) in [6, 6.07) is 19.5. The van der Waals surface area contributed by atoms with E-state index in [1.165, 1.54) is 12.1 Å². The van der Waals surface area contributed by atoms with Gasteiger partial charge in [-0.25, -0.2) is 4.39 Å². The maximum atomic E-state index is 13.1. The maximum Gasteiger partial charge on any atom is 0.262 e. The Bertz CT molecular complexity index is 1160. The van der Waals surface area contributed by atoms with Crippen molar-refractivity contribution in [3.05, 3.63) is 83.6 Å². The predicted molar refractivity (Wildman–Crippen MR) is 111 cm³/mol. The van der Waals surface area contributed by atoms with Gasteiger partial charge in [-0.1, -0.05) is 28.9 Å². The summed E-state index contributed by atoms with van der Waals surface area (Å²) < 4.78 is 23.9. The highest BCUT2D eigenvalue weighted by molar-refractivity contribution is 6.30. The summed E-state index contributed by atoms with van der Waals surface area (Å²) in [5, 5.41) is 7.30. The number of hydrogen-bond donors (Lipinski definition) is 1. The number of carbonyl (C=O) groups excluding carboxylic acids is 1. The molecule has 0 bridgehead atoms. The van der Waals surface area contributed by atoms with Crippen LogP contribution in [0.2, 0.25) is 5.02 Å². The molecule has 1 heterocycles. The number of ether oxygens (including phenoxy) is 1. The molecule has 0 radical (unpaired) electrons. The molecule has 0 unspecified atom stereocenters. The molecule has 0 saturated heterocycles. The Labute approximate surface area is 176 Å². The van der Waals surface area contributed by atoms with E-state index in [0.29, 0.717) is 33.4 Å². The van der Waals surface area contributed by atoms with Crippen LogP contribution in [0.15, 0.2) is 77.3 Å². The van der Waals surface area contributed by atoms with E-state index in [2.05, 4.69) is 15.5 Å². The second-order valence-corrected chi connectivity index (χ2v) is 6.70. The maximum absolute atomic E-state index is 13.1. The number of para-hydroxylation sites is 1. The Kier molecular flexibility index (Phi) is 5.72. The summed E-state index contributed by atoms with van der Waals surface area (Å²) in [6.45, 7) is -0.180. The quantitative estimate of drug-likeness (QED) is 0.460. The minimum Gasteiger partial charge on any atom is -0.484 e. The molecule has 0 atom stereocenters. The van der Waals surface area contributed by atoms with Gasteiger partial charge >= 0.3 is 0 Å². The van der Waals surface area contributed by atoms with Crippen LogP contribution in [0.1, 0.15) is 0 Å². The highest BCUT2D eigenvalue weighted by Gasteiger charge is 2.15. The zero-order valence-electron chi connectivity index (χ0n) is 15.5. The summed E-state index contributed by atoms with van der Waals surface area (Å²) in [6.07, 6.45) is 0. The van der Waals surface area contributed by atoms with Gasteiger partial charge in [0.25, 0.3) is 11.8 Å². The number of carbonyl (C=O) groups is 1. The number of halogens is 2. The van der Waals surface area contributed by atoms with Gasteiger partial charge in [0, 0.05) is 10.6 Å². The first-order chi connectivity index (χ1) is 14.6. The predicted octanol–water partition coefficient (Wildman–Crippen LogP) is 5.21. The van der Waals surface area contributed by atoms with Crippen LogP contribution in [0.25, 0.3) is 22.8 Å². The Morgan fingerprint density at radius 1 is 1.03 bits per heavy atom. The number of nitrogens with one attached hydrogen (secondary N) is 1. The molecule has 0 aliphatic carbocycles. The van der Waals surface area contributed by atoms with Gasteiger partial charge in [-0.2, -0.15) is 4.98 Å². The lowest BCUT2D eigenvalue weighted by molar-refractivity contribution is -0.118. The molecule has 0 fully saturated rings. The van der Waals surface area contributed by atoms with Gasteiger partial charge in [0.1, 0.15) is 11.6 Å². The minimum absolute atomic E-state index is 0.180. The molecule has 1 aromatic heterocycles. The van der Waals surface area contributed by atoms with Crippen molar-refractivity contribution in [1.82, 2.24) is 10.1 Å². The summed E-state index contributed by atoms with van der Waals surface area (Å²) in [5.74, 6) is 0.372. The fraction of sp³-hybridized carbons (Fsp3) is 0.0455. The van der Waals surface area contributed by atoms with E-state index < -0.39 is 0 Å². The van der Waals surface area contributed by atoms with Gasteiger partial charge in [-0.05, 0) is 60.7 Å². The van der Waals surface area contributed by atoms with Crippen LogP contribution < -0.4 is 10.1 Å². The topological polar surface area (TPSA) is 77.2 Å². The molecule has 6 nitrogen and oxygen atoms in total. The summed E-state index contributed by atoms with van der Waals surface area (Å²) in [5.41, 5.74) is 1.67.